The van der Waals surface area contributed by atoms with Crippen LogP contribution in [0.15, 0.2) is 18.2 Å². The molecule has 1 heterocycles. The van der Waals surface area contributed by atoms with Crippen molar-refractivity contribution in [2.24, 2.45) is 0 Å². The zero-order chi connectivity index (χ0) is 13.3. The topological polar surface area (TPSA) is 69.6 Å². The van der Waals surface area contributed by atoms with E-state index in [0.717, 1.165) is 0 Å². The molecule has 1 aromatic carbocycles. The van der Waals surface area contributed by atoms with Gasteiger partial charge in [-0.3, -0.25) is 14.9 Å². The minimum absolute atomic E-state index is 0.00550. The van der Waals surface area contributed by atoms with E-state index in [1.807, 2.05) is 0 Å². The lowest BCUT2D eigenvalue weighted by molar-refractivity contribution is -0.132. The highest BCUT2D eigenvalue weighted by Gasteiger charge is 2.31. The molecule has 1 aliphatic rings. The Morgan fingerprint density at radius 3 is 2.89 bits per heavy atom. The van der Waals surface area contributed by atoms with Crippen LogP contribution in [0, 0.1) is 5.82 Å². The normalized spacial score (nSPS) is 19.9. The van der Waals surface area contributed by atoms with Crippen LogP contribution < -0.4 is 10.2 Å². The number of aliphatic hydroxyl groups is 1. The molecule has 0 aliphatic carbocycles. The Morgan fingerprint density at radius 1 is 1.50 bits per heavy atom. The maximum Gasteiger partial charge on any atom is 0.249 e. The number of imide groups is 1. The van der Waals surface area contributed by atoms with Crippen LogP contribution in [0.2, 0.25) is 0 Å². The largest absolute Gasteiger partial charge is 0.392 e. The minimum Gasteiger partial charge on any atom is -0.392 e. The Morgan fingerprint density at radius 2 is 2.22 bits per heavy atom. The number of hydrogen-bond acceptors (Lipinski definition) is 4. The van der Waals surface area contributed by atoms with Crippen molar-refractivity contribution in [3.8, 4) is 0 Å². The van der Waals surface area contributed by atoms with Gasteiger partial charge in [-0.15, -0.1) is 0 Å². The van der Waals surface area contributed by atoms with Gasteiger partial charge in [0, 0.05) is 11.3 Å². The first-order valence-corrected chi connectivity index (χ1v) is 5.52. The van der Waals surface area contributed by atoms with Gasteiger partial charge in [-0.2, -0.15) is 0 Å². The summed E-state index contributed by atoms with van der Waals surface area (Å²) in [5.74, 6) is -1.28. The van der Waals surface area contributed by atoms with Gasteiger partial charge in [0.2, 0.25) is 11.8 Å². The molecule has 0 radical (unpaired) electrons. The predicted molar refractivity (Wildman–Crippen MR) is 62.3 cm³/mol. The average molecular weight is 252 g/mol. The van der Waals surface area contributed by atoms with E-state index < -0.39 is 23.7 Å². The van der Waals surface area contributed by atoms with Crippen molar-refractivity contribution >= 4 is 17.5 Å². The molecule has 1 aliphatic heterocycles. The standard InChI is InChI=1S/C12H13FN2O3/c1-7-12(18)14-11(17)5-15(7)10-3-2-9(13)4-8(10)6-16/h2-4,7,16H,5-6H2,1H3,(H,14,17,18). The van der Waals surface area contributed by atoms with Crippen molar-refractivity contribution in [3.63, 3.8) is 0 Å². The third-order valence-electron chi connectivity index (χ3n) is 2.94. The number of nitrogens with zero attached hydrogens (tertiary/aromatic N) is 1. The van der Waals surface area contributed by atoms with Crippen LogP contribution in [0.3, 0.4) is 0 Å². The van der Waals surface area contributed by atoms with Crippen molar-refractivity contribution < 1.29 is 19.1 Å². The quantitative estimate of drug-likeness (QED) is 0.736. The van der Waals surface area contributed by atoms with E-state index in [2.05, 4.69) is 5.32 Å². The van der Waals surface area contributed by atoms with E-state index in [9.17, 15) is 19.1 Å². The zero-order valence-electron chi connectivity index (χ0n) is 9.81. The maximum atomic E-state index is 13.1. The predicted octanol–water partition coefficient (Wildman–Crippen LogP) is 0.169. The van der Waals surface area contributed by atoms with Crippen molar-refractivity contribution in [2.75, 3.05) is 11.4 Å². The van der Waals surface area contributed by atoms with Gasteiger partial charge in [0.05, 0.1) is 13.2 Å². The maximum absolute atomic E-state index is 13.1. The number of benzene rings is 1. The number of halogens is 1. The fraction of sp³-hybridized carbons (Fsp3) is 0.333. The summed E-state index contributed by atoms with van der Waals surface area (Å²) in [4.78, 5) is 24.5. The van der Waals surface area contributed by atoms with Crippen LogP contribution >= 0.6 is 0 Å². The summed E-state index contributed by atoms with van der Waals surface area (Å²) in [5, 5.41) is 11.4. The molecule has 0 spiro atoms. The molecular weight excluding hydrogens is 239 g/mol. The van der Waals surface area contributed by atoms with Gasteiger partial charge in [-0.1, -0.05) is 0 Å². The van der Waals surface area contributed by atoms with Crippen LogP contribution in [-0.2, 0) is 16.2 Å². The Balaban J connectivity index is 2.40. The van der Waals surface area contributed by atoms with Crippen LogP contribution in [0.4, 0.5) is 10.1 Å². The first-order chi connectivity index (χ1) is 8.52. The third-order valence-corrected chi connectivity index (χ3v) is 2.94. The molecule has 0 aromatic heterocycles. The number of rotatable bonds is 2. The highest BCUT2D eigenvalue weighted by Crippen LogP contribution is 2.25. The lowest BCUT2D eigenvalue weighted by atomic mass is 10.1. The van der Waals surface area contributed by atoms with Crippen molar-refractivity contribution in [2.45, 2.75) is 19.6 Å². The van der Waals surface area contributed by atoms with Crippen molar-refractivity contribution in [3.05, 3.63) is 29.6 Å². The van der Waals surface area contributed by atoms with Gasteiger partial charge in [0.15, 0.2) is 0 Å². The lowest BCUT2D eigenvalue weighted by Gasteiger charge is -2.34. The Kier molecular flexibility index (Phi) is 3.29. The average Bonchev–Trinajstić information content (AvgIpc) is 2.34. The summed E-state index contributed by atoms with van der Waals surface area (Å²) in [5.41, 5.74) is 0.846. The second kappa shape index (κ2) is 4.73. The second-order valence-corrected chi connectivity index (χ2v) is 4.15. The highest BCUT2D eigenvalue weighted by atomic mass is 19.1. The first-order valence-electron chi connectivity index (χ1n) is 5.52. The molecule has 5 nitrogen and oxygen atoms in total. The Hall–Kier alpha value is -1.95. The van der Waals surface area contributed by atoms with Crippen molar-refractivity contribution in [1.29, 1.82) is 0 Å². The molecule has 1 atom stereocenters. The molecule has 1 aromatic rings. The monoisotopic (exact) mass is 252 g/mol. The second-order valence-electron chi connectivity index (χ2n) is 4.15. The minimum atomic E-state index is -0.543. The van der Waals surface area contributed by atoms with Gasteiger partial charge < -0.3 is 10.0 Å². The number of nitrogens with one attached hydrogen (secondary N) is 1. The SMILES string of the molecule is CC1C(=O)NC(=O)CN1c1ccc(F)cc1CO. The Bertz CT molecular complexity index is 504. The van der Waals surface area contributed by atoms with E-state index in [-0.39, 0.29) is 13.2 Å². The number of anilines is 1. The number of amides is 2. The first kappa shape index (κ1) is 12.5. The summed E-state index contributed by atoms with van der Waals surface area (Å²) in [6, 6.07) is 3.35. The lowest BCUT2D eigenvalue weighted by Crippen LogP contribution is -2.57. The third kappa shape index (κ3) is 2.19. The van der Waals surface area contributed by atoms with Crippen LogP contribution in [0.5, 0.6) is 0 Å². The van der Waals surface area contributed by atoms with Crippen molar-refractivity contribution in [1.82, 2.24) is 5.32 Å². The summed E-state index contributed by atoms with van der Waals surface area (Å²) in [7, 11) is 0. The van der Waals surface area contributed by atoms with Gasteiger partial charge in [-0.05, 0) is 25.1 Å². The number of carbonyl (C=O) groups excluding carboxylic acids is 2. The number of carbonyl (C=O) groups is 2. The highest BCUT2D eigenvalue weighted by molar-refractivity contribution is 6.04. The van der Waals surface area contributed by atoms with E-state index >= 15 is 0 Å². The van der Waals surface area contributed by atoms with E-state index in [1.54, 1.807) is 11.8 Å². The molecule has 2 amide bonds. The number of hydrogen-bond donors (Lipinski definition) is 2. The molecule has 1 saturated heterocycles. The molecule has 1 fully saturated rings. The Labute approximate surface area is 103 Å². The smallest absolute Gasteiger partial charge is 0.249 e. The van der Waals surface area contributed by atoms with Crippen LogP contribution in [0.25, 0.3) is 0 Å². The molecule has 6 heteroatoms. The fourth-order valence-corrected chi connectivity index (χ4v) is 1.97. The fourth-order valence-electron chi connectivity index (χ4n) is 1.97. The molecule has 96 valence electrons. The summed E-state index contributed by atoms with van der Waals surface area (Å²) < 4.78 is 13.1. The van der Waals surface area contributed by atoms with E-state index in [4.69, 9.17) is 0 Å². The molecule has 2 N–H and O–H groups in total. The van der Waals surface area contributed by atoms with Gasteiger partial charge in [0.1, 0.15) is 11.9 Å². The molecule has 0 bridgehead atoms. The number of aliphatic hydroxyl groups excluding tert-OH is 1. The van der Waals surface area contributed by atoms with Crippen LogP contribution in [0.1, 0.15) is 12.5 Å². The summed E-state index contributed by atoms with van der Waals surface area (Å²) in [6.07, 6.45) is 0. The molecule has 1 unspecified atom stereocenters. The van der Waals surface area contributed by atoms with E-state index in [0.29, 0.717) is 11.3 Å². The summed E-state index contributed by atoms with van der Waals surface area (Å²) >= 11 is 0. The zero-order valence-corrected chi connectivity index (χ0v) is 9.81. The van der Waals surface area contributed by atoms with Crippen LogP contribution in [-0.4, -0.2) is 29.5 Å². The molecule has 18 heavy (non-hydrogen) atoms. The van der Waals surface area contributed by atoms with E-state index in [1.165, 1.54) is 18.2 Å². The van der Waals surface area contributed by atoms with Gasteiger partial charge in [0.25, 0.3) is 0 Å². The molecule has 2 rings (SSSR count). The van der Waals surface area contributed by atoms with Gasteiger partial charge in [-0.25, -0.2) is 4.39 Å². The summed E-state index contributed by atoms with van der Waals surface area (Å²) in [6.45, 7) is 1.30. The van der Waals surface area contributed by atoms with Gasteiger partial charge >= 0.3 is 0 Å². The molecular formula is C12H13FN2O3. The number of piperazine rings is 1. The molecule has 0 saturated carbocycles.